The molecule has 1 aromatic rings. The first kappa shape index (κ1) is 15.6. The number of hydrogen-bond donors (Lipinski definition) is 1. The van der Waals surface area contributed by atoms with Crippen LogP contribution in [0.1, 0.15) is 39.2 Å². The maximum absolute atomic E-state index is 12.6. The number of ether oxygens (including phenoxy) is 1. The highest BCUT2D eigenvalue weighted by atomic mass is 16.5. The molecule has 1 aliphatic carbocycles. The van der Waals surface area contributed by atoms with Gasteiger partial charge in [-0.2, -0.15) is 0 Å². The highest BCUT2D eigenvalue weighted by molar-refractivity contribution is 6.02. The van der Waals surface area contributed by atoms with Gasteiger partial charge < -0.3 is 9.84 Å². The third kappa shape index (κ3) is 3.29. The van der Waals surface area contributed by atoms with Crippen molar-refractivity contribution in [1.29, 1.82) is 0 Å². The second kappa shape index (κ2) is 6.33. The van der Waals surface area contributed by atoms with Crippen molar-refractivity contribution >= 4 is 11.9 Å². The van der Waals surface area contributed by atoms with Crippen LogP contribution < -0.4 is 4.74 Å². The first-order chi connectivity index (χ1) is 9.93. The molecule has 2 atom stereocenters. The number of phenols is 1. The summed E-state index contributed by atoms with van der Waals surface area (Å²) in [5.41, 5.74) is 1.72. The van der Waals surface area contributed by atoms with Crippen LogP contribution >= 0.6 is 0 Å². The van der Waals surface area contributed by atoms with E-state index in [-0.39, 0.29) is 23.4 Å². The van der Waals surface area contributed by atoms with Gasteiger partial charge in [0.2, 0.25) is 0 Å². The maximum Gasteiger partial charge on any atom is 0.162 e. The zero-order valence-corrected chi connectivity index (χ0v) is 13.2. The Morgan fingerprint density at radius 1 is 1.33 bits per heavy atom. The zero-order chi connectivity index (χ0) is 15.6. The van der Waals surface area contributed by atoms with Crippen LogP contribution in [-0.4, -0.2) is 18.0 Å². The van der Waals surface area contributed by atoms with Crippen LogP contribution in [0.5, 0.6) is 11.5 Å². The Morgan fingerprint density at radius 2 is 2.05 bits per heavy atom. The Hall–Kier alpha value is -1.77. The normalized spacial score (nSPS) is 24.6. The average Bonchev–Trinajstić information content (AvgIpc) is 2.43. The number of benzene rings is 1. The van der Waals surface area contributed by atoms with Crippen LogP contribution in [-0.2, 0) is 4.79 Å². The largest absolute Gasteiger partial charge is 0.504 e. The zero-order valence-electron chi connectivity index (χ0n) is 13.2. The minimum atomic E-state index is 0.100. The van der Waals surface area contributed by atoms with Crippen LogP contribution in [0.2, 0.25) is 0 Å². The van der Waals surface area contributed by atoms with Crippen molar-refractivity contribution in [3.8, 4) is 11.5 Å². The van der Waals surface area contributed by atoms with Gasteiger partial charge in [0, 0.05) is 5.92 Å². The van der Waals surface area contributed by atoms with E-state index in [0.29, 0.717) is 11.7 Å². The Balaban J connectivity index is 2.33. The number of ketones is 1. The van der Waals surface area contributed by atoms with Crippen LogP contribution in [0, 0.1) is 17.8 Å². The monoisotopic (exact) mass is 288 g/mol. The molecule has 0 aromatic heterocycles. The van der Waals surface area contributed by atoms with E-state index in [1.165, 1.54) is 7.11 Å². The first-order valence-corrected chi connectivity index (χ1v) is 7.56. The Bertz CT molecular complexity index is 558. The third-order valence-corrected chi connectivity index (χ3v) is 4.39. The number of phenolic OH excluding ortho intramolecular Hbond substituents is 1. The molecule has 0 aliphatic heterocycles. The Morgan fingerprint density at radius 3 is 2.62 bits per heavy atom. The second-order valence-corrected chi connectivity index (χ2v) is 6.22. The number of methoxy groups -OCH3 is 1. The highest BCUT2D eigenvalue weighted by Crippen LogP contribution is 2.36. The van der Waals surface area contributed by atoms with Crippen LogP contribution in [0.15, 0.2) is 23.8 Å². The number of hydrogen-bond acceptors (Lipinski definition) is 3. The van der Waals surface area contributed by atoms with E-state index in [9.17, 15) is 9.90 Å². The van der Waals surface area contributed by atoms with Crippen molar-refractivity contribution in [2.45, 2.75) is 33.6 Å². The summed E-state index contributed by atoms with van der Waals surface area (Å²) >= 11 is 0. The average molecular weight is 288 g/mol. The van der Waals surface area contributed by atoms with E-state index in [4.69, 9.17) is 4.74 Å². The van der Waals surface area contributed by atoms with Crippen LogP contribution in [0.25, 0.3) is 6.08 Å². The fraction of sp³-hybridized carbons (Fsp3) is 0.500. The van der Waals surface area contributed by atoms with Gasteiger partial charge in [0.1, 0.15) is 0 Å². The van der Waals surface area contributed by atoms with E-state index in [1.807, 2.05) is 12.1 Å². The molecule has 0 unspecified atom stereocenters. The summed E-state index contributed by atoms with van der Waals surface area (Å²) in [4.78, 5) is 12.6. The summed E-state index contributed by atoms with van der Waals surface area (Å²) in [7, 11) is 1.52. The quantitative estimate of drug-likeness (QED) is 0.853. The van der Waals surface area contributed by atoms with E-state index < -0.39 is 0 Å². The maximum atomic E-state index is 12.6. The molecule has 0 amide bonds. The molecule has 1 aromatic carbocycles. The molecular weight excluding hydrogens is 264 g/mol. The number of carbonyl (C=O) groups excluding carboxylic acids is 1. The van der Waals surface area contributed by atoms with Gasteiger partial charge in [-0.1, -0.05) is 26.8 Å². The van der Waals surface area contributed by atoms with Crippen molar-refractivity contribution in [2.24, 2.45) is 17.8 Å². The fourth-order valence-electron chi connectivity index (χ4n) is 3.00. The Kier molecular flexibility index (Phi) is 4.71. The third-order valence-electron chi connectivity index (χ3n) is 4.39. The van der Waals surface area contributed by atoms with Gasteiger partial charge in [0.25, 0.3) is 0 Å². The van der Waals surface area contributed by atoms with Gasteiger partial charge in [0.05, 0.1) is 7.11 Å². The SMILES string of the molecule is COc1ccc(C=C2C(=O)[C@H](C(C)C)CC[C@@H]2C)cc1O. The molecule has 1 N–H and O–H groups in total. The van der Waals surface area contributed by atoms with Gasteiger partial charge in [-0.05, 0) is 54.0 Å². The van der Waals surface area contributed by atoms with Crippen molar-refractivity contribution in [3.05, 3.63) is 29.3 Å². The van der Waals surface area contributed by atoms with Crippen LogP contribution in [0.4, 0.5) is 0 Å². The molecule has 0 heterocycles. The lowest BCUT2D eigenvalue weighted by molar-refractivity contribution is -0.122. The molecule has 21 heavy (non-hydrogen) atoms. The first-order valence-electron chi connectivity index (χ1n) is 7.56. The summed E-state index contributed by atoms with van der Waals surface area (Å²) in [5, 5.41) is 9.85. The van der Waals surface area contributed by atoms with Crippen LogP contribution in [0.3, 0.4) is 0 Å². The predicted octanol–water partition coefficient (Wildman–Crippen LogP) is 4.06. The minimum absolute atomic E-state index is 0.100. The molecule has 0 radical (unpaired) electrons. The lowest BCUT2D eigenvalue weighted by Crippen LogP contribution is -2.30. The molecule has 3 heteroatoms. The summed E-state index contributed by atoms with van der Waals surface area (Å²) in [6.07, 6.45) is 3.94. The van der Waals surface area contributed by atoms with E-state index in [0.717, 1.165) is 24.0 Å². The Labute approximate surface area is 126 Å². The van der Waals surface area contributed by atoms with Gasteiger partial charge in [-0.15, -0.1) is 0 Å². The van der Waals surface area contributed by atoms with Crippen molar-refractivity contribution in [1.82, 2.24) is 0 Å². The molecule has 0 spiro atoms. The molecule has 0 saturated heterocycles. The molecule has 3 nitrogen and oxygen atoms in total. The van der Waals surface area contributed by atoms with Gasteiger partial charge in [-0.25, -0.2) is 0 Å². The number of Topliss-reactive ketones (excluding diaryl/α,β-unsaturated/α-hetero) is 1. The lowest BCUT2D eigenvalue weighted by Gasteiger charge is -2.30. The summed E-state index contributed by atoms with van der Waals surface area (Å²) in [5.74, 6) is 1.58. The lowest BCUT2D eigenvalue weighted by atomic mass is 9.73. The van der Waals surface area contributed by atoms with Gasteiger partial charge >= 0.3 is 0 Å². The number of aromatic hydroxyl groups is 1. The van der Waals surface area contributed by atoms with E-state index >= 15 is 0 Å². The number of carbonyl (C=O) groups is 1. The second-order valence-electron chi connectivity index (χ2n) is 6.22. The van der Waals surface area contributed by atoms with E-state index in [1.54, 1.807) is 12.1 Å². The van der Waals surface area contributed by atoms with E-state index in [2.05, 4.69) is 20.8 Å². The molecule has 1 saturated carbocycles. The summed E-state index contributed by atoms with van der Waals surface area (Å²) < 4.78 is 5.04. The standard InChI is InChI=1S/C18H24O3/c1-11(2)14-7-5-12(3)15(18(14)20)9-13-6-8-17(21-4)16(19)10-13/h6,8-12,14,19H,5,7H2,1-4H3/t12-,14-/m0/s1. The molecular formula is C18H24O3. The molecule has 1 fully saturated rings. The fourth-order valence-corrected chi connectivity index (χ4v) is 3.00. The topological polar surface area (TPSA) is 46.5 Å². The minimum Gasteiger partial charge on any atom is -0.504 e. The van der Waals surface area contributed by atoms with Crippen molar-refractivity contribution in [3.63, 3.8) is 0 Å². The predicted molar refractivity (Wildman–Crippen MR) is 84.4 cm³/mol. The molecule has 1 aliphatic rings. The van der Waals surface area contributed by atoms with Gasteiger partial charge in [0.15, 0.2) is 17.3 Å². The summed E-state index contributed by atoms with van der Waals surface area (Å²) in [6.45, 7) is 6.31. The molecule has 2 rings (SSSR count). The molecule has 0 bridgehead atoms. The van der Waals surface area contributed by atoms with Crippen molar-refractivity contribution in [2.75, 3.05) is 7.11 Å². The van der Waals surface area contributed by atoms with Gasteiger partial charge in [-0.3, -0.25) is 4.79 Å². The number of rotatable bonds is 3. The summed E-state index contributed by atoms with van der Waals surface area (Å²) in [6, 6.07) is 5.23. The highest BCUT2D eigenvalue weighted by Gasteiger charge is 2.32. The number of allylic oxidation sites excluding steroid dienone is 1. The smallest absolute Gasteiger partial charge is 0.162 e. The molecule has 114 valence electrons. The van der Waals surface area contributed by atoms with Crippen molar-refractivity contribution < 1.29 is 14.6 Å².